The number of aryl methyl sites for hydroxylation is 2. The Morgan fingerprint density at radius 2 is 1.38 bits per heavy atom. The van der Waals surface area contributed by atoms with Gasteiger partial charge in [0.2, 0.25) is 0 Å². The quantitative estimate of drug-likeness (QED) is 0.538. The number of halogens is 1. The molecule has 0 fully saturated rings. The van der Waals surface area contributed by atoms with E-state index in [-0.39, 0.29) is 40.0 Å². The molecule has 0 aliphatic rings. The van der Waals surface area contributed by atoms with Crippen LogP contribution >= 0.6 is 0 Å². The summed E-state index contributed by atoms with van der Waals surface area (Å²) in [6.45, 7) is 6.10. The molecule has 0 N–H and O–H groups in total. The molecule has 0 radical (unpaired) electrons. The van der Waals surface area contributed by atoms with Crippen LogP contribution in [-0.4, -0.2) is 23.1 Å². The summed E-state index contributed by atoms with van der Waals surface area (Å²) >= 11 is 0. The molecule has 1 aromatic rings. The predicted octanol–water partition coefficient (Wildman–Crippen LogP) is 0.809. The molecule has 16 heavy (non-hydrogen) atoms. The topological polar surface area (TPSA) is 0 Å². The summed E-state index contributed by atoms with van der Waals surface area (Å²) in [5.41, 5.74) is 2.93. The van der Waals surface area contributed by atoms with Gasteiger partial charge in [0.05, 0.1) is 0 Å². The summed E-state index contributed by atoms with van der Waals surface area (Å²) in [7, 11) is 0. The van der Waals surface area contributed by atoms with Gasteiger partial charge in [-0.3, -0.25) is 0 Å². The monoisotopic (exact) mass is 292 g/mol. The largest absolute Gasteiger partial charge is 2.00 e. The van der Waals surface area contributed by atoms with Crippen LogP contribution in [0.5, 0.6) is 0 Å². The van der Waals surface area contributed by atoms with Gasteiger partial charge in [0.25, 0.3) is 0 Å². The Morgan fingerprint density at radius 3 is 1.75 bits per heavy atom. The van der Waals surface area contributed by atoms with E-state index < -0.39 is 0 Å². The Hall–Kier alpha value is 0.466. The molecule has 0 nitrogen and oxygen atoms in total. The Labute approximate surface area is 127 Å². The number of unbranched alkanes of at least 4 members (excludes halogenated alkanes) is 2. The van der Waals surface area contributed by atoms with Crippen molar-refractivity contribution in [1.29, 1.82) is 0 Å². The van der Waals surface area contributed by atoms with Gasteiger partial charge in [0.15, 0.2) is 0 Å². The first-order valence-corrected chi connectivity index (χ1v) is 5.74. The van der Waals surface area contributed by atoms with Crippen LogP contribution in [0, 0.1) is 6.92 Å². The van der Waals surface area contributed by atoms with Crippen molar-refractivity contribution in [3.05, 3.63) is 42.3 Å². The first-order chi connectivity index (χ1) is 6.86. The molecule has 0 amide bonds. The van der Waals surface area contributed by atoms with E-state index in [0.29, 0.717) is 0 Å². The average Bonchev–Trinajstić information content (AvgIpc) is 2.25. The molecule has 1 rings (SSSR count). The van der Waals surface area contributed by atoms with Crippen LogP contribution in [0.3, 0.4) is 0 Å². The molecule has 2 heteroatoms. The molecule has 0 heterocycles. The number of rotatable bonds is 6. The van der Waals surface area contributed by atoms with Crippen LogP contribution in [0.15, 0.2) is 24.3 Å². The molecule has 0 saturated carbocycles. The van der Waals surface area contributed by atoms with Gasteiger partial charge in [-0.1, -0.05) is 44.0 Å². The van der Waals surface area contributed by atoms with E-state index in [0.717, 1.165) is 6.42 Å². The van der Waals surface area contributed by atoms with Gasteiger partial charge < -0.3 is 23.9 Å². The molecule has 0 spiro atoms. The van der Waals surface area contributed by atoms with Gasteiger partial charge in [-0.25, -0.2) is 0 Å². The van der Waals surface area contributed by atoms with Gasteiger partial charge in [-0.15, -0.1) is 0 Å². The first kappa shape index (κ1) is 18.8. The number of benzene rings is 1. The zero-order chi connectivity index (χ0) is 10.2. The van der Waals surface area contributed by atoms with E-state index in [4.69, 9.17) is 0 Å². The van der Waals surface area contributed by atoms with E-state index in [1.54, 1.807) is 0 Å². The molecule has 0 atom stereocenters. The minimum absolute atomic E-state index is 0. The van der Waals surface area contributed by atoms with E-state index in [9.17, 15) is 0 Å². The Balaban J connectivity index is 0. The van der Waals surface area contributed by atoms with Gasteiger partial charge in [-0.2, -0.15) is 6.42 Å². The van der Waals surface area contributed by atoms with Crippen LogP contribution < -0.4 is 17.0 Å². The zero-order valence-electron chi connectivity index (χ0n) is 10.3. The second kappa shape index (κ2) is 11.9. The fourth-order valence-corrected chi connectivity index (χ4v) is 1.58. The third kappa shape index (κ3) is 7.69. The number of hydrogen-bond acceptors (Lipinski definition) is 0. The summed E-state index contributed by atoms with van der Waals surface area (Å²) in [6.07, 6.45) is 7.23. The van der Waals surface area contributed by atoms with Crippen LogP contribution in [0.25, 0.3) is 0 Å². The molecule has 0 bridgehead atoms. The molecule has 1 aromatic carbocycles. The molecule has 0 saturated heterocycles. The molecular formula is C14H21BrMg. The van der Waals surface area contributed by atoms with Crippen LogP contribution in [0.4, 0.5) is 0 Å². The van der Waals surface area contributed by atoms with Crippen LogP contribution in [0.2, 0.25) is 0 Å². The molecule has 0 aromatic heterocycles. The maximum absolute atomic E-state index is 3.86. The molecule has 0 aliphatic carbocycles. The number of hydrogen-bond donors (Lipinski definition) is 0. The summed E-state index contributed by atoms with van der Waals surface area (Å²) < 4.78 is 0. The molecule has 86 valence electrons. The van der Waals surface area contributed by atoms with Crippen molar-refractivity contribution in [2.75, 3.05) is 0 Å². The fraction of sp³-hybridized carbons (Fsp3) is 0.500. The van der Waals surface area contributed by atoms with Gasteiger partial charge in [0.1, 0.15) is 0 Å². The Morgan fingerprint density at radius 1 is 0.938 bits per heavy atom. The maximum atomic E-state index is 3.86. The van der Waals surface area contributed by atoms with E-state index >= 15 is 0 Å². The summed E-state index contributed by atoms with van der Waals surface area (Å²) in [4.78, 5) is 0. The SMILES string of the molecule is [Br-].[CH2-]CCCc1ccc(CCCC)cc1.[Mg+2]. The third-order valence-corrected chi connectivity index (χ3v) is 2.56. The standard InChI is InChI=1S/C14H21.BrH.Mg/c1-3-5-7-13-9-11-14(12-10-13)8-6-4-2;;/h9-12H,1,3-8H2,2H3;1H;/q-1;;+2/p-1. The van der Waals surface area contributed by atoms with Crippen molar-refractivity contribution < 1.29 is 17.0 Å². The van der Waals surface area contributed by atoms with Gasteiger partial charge in [0, 0.05) is 0 Å². The zero-order valence-corrected chi connectivity index (χ0v) is 13.3. The maximum Gasteiger partial charge on any atom is 2.00 e. The second-order valence-electron chi connectivity index (χ2n) is 3.88. The van der Waals surface area contributed by atoms with Gasteiger partial charge in [-0.05, 0) is 30.4 Å². The Bertz CT molecular complexity index is 216. The van der Waals surface area contributed by atoms with Crippen molar-refractivity contribution in [3.63, 3.8) is 0 Å². The van der Waals surface area contributed by atoms with Crippen LogP contribution in [-0.2, 0) is 12.8 Å². The molecule has 0 unspecified atom stereocenters. The second-order valence-corrected chi connectivity index (χ2v) is 3.88. The Kier molecular flexibility index (Phi) is 14.0. The minimum Gasteiger partial charge on any atom is -1.00 e. The summed E-state index contributed by atoms with van der Waals surface area (Å²) in [5, 5.41) is 0. The smallest absolute Gasteiger partial charge is 1.00 e. The van der Waals surface area contributed by atoms with Crippen molar-refractivity contribution in [2.45, 2.75) is 45.4 Å². The van der Waals surface area contributed by atoms with E-state index in [2.05, 4.69) is 38.1 Å². The summed E-state index contributed by atoms with van der Waals surface area (Å²) in [5.74, 6) is 0. The fourth-order valence-electron chi connectivity index (χ4n) is 1.58. The van der Waals surface area contributed by atoms with E-state index in [1.807, 2.05) is 0 Å². The summed E-state index contributed by atoms with van der Waals surface area (Å²) in [6, 6.07) is 9.07. The normalized spacial score (nSPS) is 9.12. The minimum atomic E-state index is 0. The van der Waals surface area contributed by atoms with Crippen LogP contribution in [0.1, 0.15) is 43.7 Å². The van der Waals surface area contributed by atoms with Crippen molar-refractivity contribution in [2.24, 2.45) is 0 Å². The average molecular weight is 294 g/mol. The van der Waals surface area contributed by atoms with Crippen molar-refractivity contribution in [1.82, 2.24) is 0 Å². The first-order valence-electron chi connectivity index (χ1n) is 5.74. The van der Waals surface area contributed by atoms with Gasteiger partial charge >= 0.3 is 23.1 Å². The molecular weight excluding hydrogens is 272 g/mol. The van der Waals surface area contributed by atoms with E-state index in [1.165, 1.54) is 43.2 Å². The third-order valence-electron chi connectivity index (χ3n) is 2.56. The molecule has 0 aliphatic heterocycles. The van der Waals surface area contributed by atoms with Crippen molar-refractivity contribution in [3.8, 4) is 0 Å². The predicted molar refractivity (Wildman–Crippen MR) is 69.1 cm³/mol. The van der Waals surface area contributed by atoms with Crippen molar-refractivity contribution >= 4 is 23.1 Å².